The summed E-state index contributed by atoms with van der Waals surface area (Å²) < 4.78 is 5.05. The van der Waals surface area contributed by atoms with Crippen LogP contribution in [-0.2, 0) is 4.79 Å². The van der Waals surface area contributed by atoms with E-state index in [4.69, 9.17) is 9.63 Å². The van der Waals surface area contributed by atoms with Crippen LogP contribution in [0.4, 0.5) is 0 Å². The van der Waals surface area contributed by atoms with Crippen LogP contribution < -0.4 is 5.32 Å². The number of hydrogen-bond acceptors (Lipinski definition) is 5. The molecule has 7 nitrogen and oxygen atoms in total. The van der Waals surface area contributed by atoms with E-state index in [9.17, 15) is 9.59 Å². The number of carboxylic acid groups (broad SMARTS) is 1. The van der Waals surface area contributed by atoms with Gasteiger partial charge in [-0.2, -0.15) is 0 Å². The van der Waals surface area contributed by atoms with Crippen LogP contribution >= 0.6 is 0 Å². The molecule has 0 radical (unpaired) electrons. The van der Waals surface area contributed by atoms with Gasteiger partial charge in [0, 0.05) is 12.2 Å². The van der Waals surface area contributed by atoms with Crippen LogP contribution in [0, 0.1) is 19.8 Å². The van der Waals surface area contributed by atoms with E-state index in [1.807, 2.05) is 0 Å². The number of hydrogen-bond donors (Lipinski definition) is 2. The van der Waals surface area contributed by atoms with Gasteiger partial charge in [0.1, 0.15) is 0 Å². The van der Waals surface area contributed by atoms with Crippen LogP contribution in [0.25, 0.3) is 11.1 Å². The summed E-state index contributed by atoms with van der Waals surface area (Å²) in [4.78, 5) is 27.1. The number of carbonyl (C=O) groups is 2. The molecule has 1 atom stereocenters. The first-order valence-corrected chi connectivity index (χ1v) is 6.14. The van der Waals surface area contributed by atoms with Crippen LogP contribution in [0.2, 0.25) is 0 Å². The molecule has 2 heterocycles. The van der Waals surface area contributed by atoms with Gasteiger partial charge in [-0.25, -0.2) is 4.98 Å². The normalized spacial score (nSPS) is 12.3. The van der Waals surface area contributed by atoms with Crippen molar-refractivity contribution in [1.82, 2.24) is 15.5 Å². The van der Waals surface area contributed by atoms with Crippen molar-refractivity contribution in [1.29, 1.82) is 0 Å². The maximum atomic E-state index is 12.2. The number of pyridine rings is 1. The van der Waals surface area contributed by atoms with Gasteiger partial charge in [-0.05, 0) is 19.9 Å². The smallest absolute Gasteiger partial charge is 0.308 e. The predicted octanol–water partition coefficient (Wildman–Crippen LogP) is 1.29. The molecule has 106 valence electrons. The van der Waals surface area contributed by atoms with E-state index >= 15 is 0 Å². The SMILES string of the molecule is Cc1cc(C(=O)NCC(C)C(=O)O)c2c(C)noc2n1. The van der Waals surface area contributed by atoms with Gasteiger partial charge in [-0.1, -0.05) is 12.1 Å². The Balaban J connectivity index is 2.30. The molecule has 0 aliphatic rings. The zero-order chi connectivity index (χ0) is 14.9. The molecule has 0 saturated heterocycles. The molecule has 2 aromatic rings. The molecule has 0 bridgehead atoms. The lowest BCUT2D eigenvalue weighted by Crippen LogP contribution is -2.31. The third-order valence-corrected chi connectivity index (χ3v) is 2.98. The first-order valence-electron chi connectivity index (χ1n) is 6.14. The highest BCUT2D eigenvalue weighted by Gasteiger charge is 2.19. The molecule has 0 fully saturated rings. The molecular weight excluding hydrogens is 262 g/mol. The average Bonchev–Trinajstić information content (AvgIpc) is 2.75. The quantitative estimate of drug-likeness (QED) is 0.872. The molecule has 2 aromatic heterocycles. The molecule has 0 spiro atoms. The molecule has 7 heteroatoms. The van der Waals surface area contributed by atoms with Crippen molar-refractivity contribution in [2.45, 2.75) is 20.8 Å². The van der Waals surface area contributed by atoms with Crippen molar-refractivity contribution in [2.75, 3.05) is 6.54 Å². The Morgan fingerprint density at radius 2 is 2.15 bits per heavy atom. The van der Waals surface area contributed by atoms with Gasteiger partial charge in [-0.15, -0.1) is 0 Å². The van der Waals surface area contributed by atoms with Crippen molar-refractivity contribution < 1.29 is 19.2 Å². The Kier molecular flexibility index (Phi) is 3.69. The number of nitrogens with zero attached hydrogens (tertiary/aromatic N) is 2. The third-order valence-electron chi connectivity index (χ3n) is 2.98. The summed E-state index contributed by atoms with van der Waals surface area (Å²) in [5.74, 6) is -1.97. The van der Waals surface area contributed by atoms with Crippen molar-refractivity contribution in [3.8, 4) is 0 Å². The fraction of sp³-hybridized carbons (Fsp3) is 0.385. The average molecular weight is 277 g/mol. The summed E-state index contributed by atoms with van der Waals surface area (Å²) in [6, 6.07) is 1.63. The van der Waals surface area contributed by atoms with Crippen LogP contribution in [0.5, 0.6) is 0 Å². The highest BCUT2D eigenvalue weighted by molar-refractivity contribution is 6.06. The molecule has 0 aliphatic carbocycles. The number of aromatic nitrogens is 2. The zero-order valence-corrected chi connectivity index (χ0v) is 11.4. The third kappa shape index (κ3) is 2.61. The van der Waals surface area contributed by atoms with Gasteiger partial charge in [0.25, 0.3) is 11.6 Å². The molecule has 2 rings (SSSR count). The second-order valence-electron chi connectivity index (χ2n) is 4.71. The Morgan fingerprint density at radius 3 is 2.80 bits per heavy atom. The summed E-state index contributed by atoms with van der Waals surface area (Å²) in [6.45, 7) is 5.05. The van der Waals surface area contributed by atoms with Gasteiger partial charge in [0.05, 0.1) is 22.6 Å². The van der Waals surface area contributed by atoms with E-state index in [2.05, 4.69) is 15.5 Å². The van der Waals surface area contributed by atoms with Crippen molar-refractivity contribution in [2.24, 2.45) is 5.92 Å². The topological polar surface area (TPSA) is 105 Å². The highest BCUT2D eigenvalue weighted by atomic mass is 16.5. The molecule has 2 N–H and O–H groups in total. The number of amides is 1. The minimum Gasteiger partial charge on any atom is -0.481 e. The number of carbonyl (C=O) groups excluding carboxylic acids is 1. The maximum Gasteiger partial charge on any atom is 0.308 e. The van der Waals surface area contributed by atoms with Gasteiger partial charge in [0.2, 0.25) is 0 Å². The summed E-state index contributed by atoms with van der Waals surface area (Å²) in [7, 11) is 0. The Labute approximate surface area is 115 Å². The minimum atomic E-state index is -0.956. The van der Waals surface area contributed by atoms with Gasteiger partial charge in [-0.3, -0.25) is 9.59 Å². The summed E-state index contributed by atoms with van der Waals surface area (Å²) in [6.07, 6.45) is 0. The van der Waals surface area contributed by atoms with Crippen LogP contribution in [0.1, 0.15) is 28.7 Å². The van der Waals surface area contributed by atoms with Crippen molar-refractivity contribution in [3.05, 3.63) is 23.0 Å². The predicted molar refractivity (Wildman–Crippen MR) is 70.4 cm³/mol. The summed E-state index contributed by atoms with van der Waals surface area (Å²) >= 11 is 0. The fourth-order valence-corrected chi connectivity index (χ4v) is 1.83. The van der Waals surface area contributed by atoms with E-state index in [0.29, 0.717) is 28.1 Å². The molecular formula is C13H15N3O4. The molecule has 1 amide bonds. The van der Waals surface area contributed by atoms with E-state index < -0.39 is 11.9 Å². The molecule has 0 aromatic carbocycles. The number of carboxylic acids is 1. The fourth-order valence-electron chi connectivity index (χ4n) is 1.83. The number of aliphatic carboxylic acids is 1. The standard InChI is InChI=1S/C13H15N3O4/c1-6(13(18)19)5-14-11(17)9-4-7(2)15-12-10(9)8(3)16-20-12/h4,6H,5H2,1-3H3,(H,14,17)(H,18,19). The van der Waals surface area contributed by atoms with Gasteiger partial charge >= 0.3 is 5.97 Å². The second-order valence-corrected chi connectivity index (χ2v) is 4.71. The molecule has 20 heavy (non-hydrogen) atoms. The molecule has 0 aliphatic heterocycles. The highest BCUT2D eigenvalue weighted by Crippen LogP contribution is 2.21. The van der Waals surface area contributed by atoms with Gasteiger partial charge in [0.15, 0.2) is 0 Å². The Hall–Kier alpha value is -2.44. The maximum absolute atomic E-state index is 12.2. The van der Waals surface area contributed by atoms with E-state index in [1.54, 1.807) is 19.9 Å². The lowest BCUT2D eigenvalue weighted by molar-refractivity contribution is -0.140. The van der Waals surface area contributed by atoms with E-state index in [1.165, 1.54) is 6.92 Å². The number of aryl methyl sites for hydroxylation is 2. The summed E-state index contributed by atoms with van der Waals surface area (Å²) in [5, 5.41) is 15.7. The lowest BCUT2D eigenvalue weighted by atomic mass is 10.1. The molecule has 1 unspecified atom stereocenters. The Bertz CT molecular complexity index is 678. The largest absolute Gasteiger partial charge is 0.481 e. The number of fused-ring (bicyclic) bond motifs is 1. The second kappa shape index (κ2) is 5.28. The Morgan fingerprint density at radius 1 is 1.45 bits per heavy atom. The van der Waals surface area contributed by atoms with Crippen LogP contribution in [0.3, 0.4) is 0 Å². The van der Waals surface area contributed by atoms with Crippen LogP contribution in [0.15, 0.2) is 10.6 Å². The zero-order valence-electron chi connectivity index (χ0n) is 11.4. The first kappa shape index (κ1) is 14.0. The van der Waals surface area contributed by atoms with E-state index in [-0.39, 0.29) is 12.5 Å². The summed E-state index contributed by atoms with van der Waals surface area (Å²) in [5.41, 5.74) is 1.90. The molecule has 0 saturated carbocycles. The monoisotopic (exact) mass is 277 g/mol. The van der Waals surface area contributed by atoms with Crippen molar-refractivity contribution in [3.63, 3.8) is 0 Å². The van der Waals surface area contributed by atoms with Gasteiger partial charge < -0.3 is 14.9 Å². The minimum absolute atomic E-state index is 0.0569. The number of rotatable bonds is 4. The van der Waals surface area contributed by atoms with E-state index in [0.717, 1.165) is 0 Å². The van der Waals surface area contributed by atoms with Crippen LogP contribution in [-0.4, -0.2) is 33.7 Å². The number of nitrogens with one attached hydrogen (secondary N) is 1. The van der Waals surface area contributed by atoms with Crippen molar-refractivity contribution >= 4 is 23.0 Å². The first-order chi connectivity index (χ1) is 9.40. The lowest BCUT2D eigenvalue weighted by Gasteiger charge is -2.09.